The van der Waals surface area contributed by atoms with Gasteiger partial charge in [0.15, 0.2) is 5.60 Å². The summed E-state index contributed by atoms with van der Waals surface area (Å²) in [5.74, 6) is 1.48. The number of nitrogens with zero attached hydrogens (tertiary/aromatic N) is 2. The van der Waals surface area contributed by atoms with E-state index in [1.165, 1.54) is 44.6 Å². The van der Waals surface area contributed by atoms with Gasteiger partial charge in [-0.1, -0.05) is 81.3 Å². The number of phenolic OH excluding ortho intramolecular Hbond substituents is 1. The number of fused-ring (bicyclic) bond motifs is 1. The van der Waals surface area contributed by atoms with Crippen molar-refractivity contribution in [2.75, 3.05) is 26.7 Å². The van der Waals surface area contributed by atoms with Crippen LogP contribution in [0.25, 0.3) is 10.9 Å². The van der Waals surface area contributed by atoms with Crippen LogP contribution in [0.1, 0.15) is 93.4 Å². The number of pyridine rings is 1. The van der Waals surface area contributed by atoms with Crippen molar-refractivity contribution >= 4 is 10.9 Å². The molecule has 242 valence electrons. The number of nitrogens with one attached hydrogen (secondary N) is 2. The maximum Gasteiger partial charge on any atom is 0.248 e. The normalized spacial score (nSPS) is 15.3. The molecule has 1 unspecified atom stereocenters. The van der Waals surface area contributed by atoms with E-state index in [4.69, 9.17) is 4.42 Å². The van der Waals surface area contributed by atoms with Crippen LogP contribution in [0.4, 0.5) is 0 Å². The Bertz CT molecular complexity index is 1530. The van der Waals surface area contributed by atoms with Gasteiger partial charge in [0.05, 0.1) is 18.3 Å². The maximum atomic E-state index is 11.9. The molecule has 0 spiro atoms. The molecule has 8 heteroatoms. The summed E-state index contributed by atoms with van der Waals surface area (Å²) in [5, 5.41) is 26.4. The van der Waals surface area contributed by atoms with Crippen LogP contribution in [0, 0.1) is 5.92 Å². The van der Waals surface area contributed by atoms with E-state index in [2.05, 4.69) is 27.2 Å². The van der Waals surface area contributed by atoms with Crippen LogP contribution in [0.15, 0.2) is 70.0 Å². The number of benzene rings is 2. The lowest BCUT2D eigenvalue weighted by Crippen LogP contribution is -2.35. The SMILES string of the molecule is CN(CCCCCCCCCNCCc1ccc(O)c2[nH]c(=O)ccc12)Cc1cnc(C(O)(c2ccccc2)C2CCCC2)o1. The highest BCUT2D eigenvalue weighted by atomic mass is 16.4. The zero-order valence-electron chi connectivity index (χ0n) is 26.8. The summed E-state index contributed by atoms with van der Waals surface area (Å²) >= 11 is 0. The largest absolute Gasteiger partial charge is 0.506 e. The highest BCUT2D eigenvalue weighted by Crippen LogP contribution is 2.44. The number of oxazole rings is 1. The van der Waals surface area contributed by atoms with Gasteiger partial charge in [-0.05, 0) is 82.0 Å². The van der Waals surface area contributed by atoms with E-state index < -0.39 is 5.60 Å². The molecule has 0 saturated heterocycles. The predicted octanol–water partition coefficient (Wildman–Crippen LogP) is 6.64. The van der Waals surface area contributed by atoms with Crippen LogP contribution < -0.4 is 10.9 Å². The lowest BCUT2D eigenvalue weighted by Gasteiger charge is -2.31. The summed E-state index contributed by atoms with van der Waals surface area (Å²) in [5.41, 5.74) is 1.14. The first-order chi connectivity index (χ1) is 21.9. The standard InChI is InChI=1S/C37H50N4O4/c1-41(27-31-26-39-36(45-31)37(44,30-16-10-11-17-30)29-14-8-7-9-15-29)25-13-6-4-2-3-5-12-23-38-24-22-28-18-20-33(42)35-32(28)19-21-34(43)40-35/h7-9,14-15,18-21,26,30,38,42,44H,2-6,10-13,16-17,22-25,27H2,1H3,(H,40,43). The first kappa shape index (κ1) is 32.9. The monoisotopic (exact) mass is 614 g/mol. The number of hydrogen-bond donors (Lipinski definition) is 4. The Morgan fingerprint density at radius 2 is 1.69 bits per heavy atom. The zero-order valence-corrected chi connectivity index (χ0v) is 26.8. The highest BCUT2D eigenvalue weighted by molar-refractivity contribution is 5.87. The minimum absolute atomic E-state index is 0.111. The molecule has 0 radical (unpaired) electrons. The van der Waals surface area contributed by atoms with Crippen LogP contribution in [0.5, 0.6) is 5.75 Å². The molecular weight excluding hydrogens is 564 g/mol. The number of aromatic amines is 1. The Balaban J connectivity index is 0.927. The maximum absolute atomic E-state index is 11.9. The smallest absolute Gasteiger partial charge is 0.248 e. The Hall–Kier alpha value is -3.46. The van der Waals surface area contributed by atoms with Gasteiger partial charge in [0.25, 0.3) is 0 Å². The average Bonchev–Trinajstić information content (AvgIpc) is 3.76. The third kappa shape index (κ3) is 8.63. The van der Waals surface area contributed by atoms with Crippen molar-refractivity contribution in [2.45, 2.75) is 89.2 Å². The predicted molar refractivity (Wildman–Crippen MR) is 179 cm³/mol. The summed E-state index contributed by atoms with van der Waals surface area (Å²) in [6, 6.07) is 16.8. The average molecular weight is 615 g/mol. The molecule has 1 atom stereocenters. The van der Waals surface area contributed by atoms with Gasteiger partial charge in [0.1, 0.15) is 11.5 Å². The molecule has 5 rings (SSSR count). The molecule has 1 aliphatic rings. The number of unbranched alkanes of at least 4 members (excludes halogenated alkanes) is 6. The molecule has 1 aliphatic carbocycles. The number of hydrogen-bond acceptors (Lipinski definition) is 7. The molecule has 0 amide bonds. The first-order valence-electron chi connectivity index (χ1n) is 16.9. The van der Waals surface area contributed by atoms with Crippen molar-refractivity contribution in [3.05, 3.63) is 93.9 Å². The second-order valence-corrected chi connectivity index (χ2v) is 12.8. The second kappa shape index (κ2) is 16.2. The first-order valence-corrected chi connectivity index (χ1v) is 16.9. The van der Waals surface area contributed by atoms with E-state index in [1.807, 2.05) is 36.4 Å². The lowest BCUT2D eigenvalue weighted by molar-refractivity contribution is -0.00726. The number of H-pyrrole nitrogens is 1. The van der Waals surface area contributed by atoms with E-state index in [1.54, 1.807) is 18.3 Å². The van der Waals surface area contributed by atoms with E-state index in [0.717, 1.165) is 80.4 Å². The molecule has 2 heterocycles. The van der Waals surface area contributed by atoms with Gasteiger partial charge in [-0.3, -0.25) is 9.69 Å². The third-order valence-electron chi connectivity index (χ3n) is 9.39. The molecule has 1 saturated carbocycles. The fourth-order valence-electron chi connectivity index (χ4n) is 6.85. The van der Waals surface area contributed by atoms with Gasteiger partial charge >= 0.3 is 0 Å². The molecule has 1 fully saturated rings. The topological polar surface area (TPSA) is 115 Å². The molecule has 0 bridgehead atoms. The lowest BCUT2D eigenvalue weighted by atomic mass is 9.80. The van der Waals surface area contributed by atoms with Crippen LogP contribution >= 0.6 is 0 Å². The second-order valence-electron chi connectivity index (χ2n) is 12.8. The van der Waals surface area contributed by atoms with Gasteiger partial charge in [-0.25, -0.2) is 4.98 Å². The van der Waals surface area contributed by atoms with Gasteiger partial charge < -0.3 is 24.9 Å². The van der Waals surface area contributed by atoms with E-state index in [9.17, 15) is 15.0 Å². The third-order valence-corrected chi connectivity index (χ3v) is 9.39. The number of rotatable bonds is 18. The summed E-state index contributed by atoms with van der Waals surface area (Å²) in [7, 11) is 2.13. The molecule has 8 nitrogen and oxygen atoms in total. The zero-order chi connectivity index (χ0) is 31.5. The van der Waals surface area contributed by atoms with Gasteiger partial charge in [-0.15, -0.1) is 0 Å². The minimum Gasteiger partial charge on any atom is -0.506 e. The summed E-state index contributed by atoms with van der Waals surface area (Å²) < 4.78 is 6.21. The summed E-state index contributed by atoms with van der Waals surface area (Å²) in [6.07, 6.45) is 15.5. The van der Waals surface area contributed by atoms with Gasteiger partial charge in [-0.2, -0.15) is 0 Å². The van der Waals surface area contributed by atoms with Crippen molar-refractivity contribution in [1.82, 2.24) is 20.2 Å². The van der Waals surface area contributed by atoms with Crippen molar-refractivity contribution in [3.8, 4) is 5.75 Å². The van der Waals surface area contributed by atoms with Gasteiger partial charge in [0, 0.05) is 17.4 Å². The number of aromatic hydroxyl groups is 1. The molecule has 4 aromatic rings. The van der Waals surface area contributed by atoms with E-state index in [0.29, 0.717) is 18.0 Å². The fourth-order valence-corrected chi connectivity index (χ4v) is 6.85. The summed E-state index contributed by atoms with van der Waals surface area (Å²) in [6.45, 7) is 3.58. The van der Waals surface area contributed by atoms with Crippen molar-refractivity contribution < 1.29 is 14.6 Å². The van der Waals surface area contributed by atoms with Crippen LogP contribution in [-0.4, -0.2) is 51.8 Å². The highest BCUT2D eigenvalue weighted by Gasteiger charge is 2.45. The molecular formula is C37H50N4O4. The molecule has 2 aromatic heterocycles. The van der Waals surface area contributed by atoms with Crippen molar-refractivity contribution in [3.63, 3.8) is 0 Å². The molecule has 0 aliphatic heterocycles. The number of aliphatic hydroxyl groups is 1. The Kier molecular flexibility index (Phi) is 11.9. The van der Waals surface area contributed by atoms with Crippen LogP contribution in [-0.2, 0) is 18.6 Å². The Labute approximate surface area is 266 Å². The number of aromatic nitrogens is 2. The van der Waals surface area contributed by atoms with Crippen molar-refractivity contribution in [1.29, 1.82) is 0 Å². The quantitative estimate of drug-likeness (QED) is 0.0929. The molecule has 45 heavy (non-hydrogen) atoms. The fraction of sp³-hybridized carbons (Fsp3) is 0.514. The van der Waals surface area contributed by atoms with Gasteiger partial charge in [0.2, 0.25) is 11.4 Å². The minimum atomic E-state index is -1.17. The number of phenols is 1. The van der Waals surface area contributed by atoms with Crippen LogP contribution in [0.2, 0.25) is 0 Å². The van der Waals surface area contributed by atoms with Crippen molar-refractivity contribution in [2.24, 2.45) is 5.92 Å². The summed E-state index contributed by atoms with van der Waals surface area (Å²) in [4.78, 5) is 21.2. The van der Waals surface area contributed by atoms with E-state index in [-0.39, 0.29) is 17.2 Å². The van der Waals surface area contributed by atoms with E-state index >= 15 is 0 Å². The van der Waals surface area contributed by atoms with Crippen LogP contribution in [0.3, 0.4) is 0 Å². The molecule has 4 N–H and O–H groups in total. The Morgan fingerprint density at radius 3 is 2.47 bits per heavy atom. The Morgan fingerprint density at radius 1 is 0.956 bits per heavy atom. The molecule has 2 aromatic carbocycles.